The summed E-state index contributed by atoms with van der Waals surface area (Å²) in [4.78, 5) is 0. The molecule has 1 aromatic carbocycles. The van der Waals surface area contributed by atoms with Crippen LogP contribution in [0.5, 0.6) is 11.5 Å². The molecule has 0 saturated carbocycles. The van der Waals surface area contributed by atoms with Crippen LogP contribution in [0.25, 0.3) is 0 Å². The molecule has 0 atom stereocenters. The second-order valence-electron chi connectivity index (χ2n) is 2.35. The van der Waals surface area contributed by atoms with Crippen molar-refractivity contribution < 1.29 is 17.3 Å². The first-order chi connectivity index (χ1) is 6.44. The van der Waals surface area contributed by atoms with Crippen LogP contribution in [0.2, 0.25) is 0 Å². The zero-order valence-electron chi connectivity index (χ0n) is 7.23. The first-order valence-corrected chi connectivity index (χ1v) is 5.75. The van der Waals surface area contributed by atoms with Crippen molar-refractivity contribution in [1.82, 2.24) is 0 Å². The van der Waals surface area contributed by atoms with E-state index in [1.54, 1.807) is 18.2 Å². The van der Waals surface area contributed by atoms with Gasteiger partial charge in [0.1, 0.15) is 0 Å². The van der Waals surface area contributed by atoms with Gasteiger partial charge in [0, 0.05) is 0 Å². The second-order valence-corrected chi connectivity index (χ2v) is 4.35. The van der Waals surface area contributed by atoms with Crippen molar-refractivity contribution in [2.24, 2.45) is 5.14 Å². The Bertz CT molecular complexity index is 431. The van der Waals surface area contributed by atoms with E-state index < -0.39 is 10.3 Å². The van der Waals surface area contributed by atoms with Gasteiger partial charge in [0.05, 0.1) is 11.6 Å². The molecule has 7 heteroatoms. The summed E-state index contributed by atoms with van der Waals surface area (Å²) in [5.74, 6) is 0.325. The summed E-state index contributed by atoms with van der Waals surface area (Å²) in [5.41, 5.74) is 0. The minimum absolute atomic E-state index is 0.0394. The lowest BCUT2D eigenvalue weighted by Crippen LogP contribution is -2.19. The molecule has 78 valence electrons. The summed E-state index contributed by atoms with van der Waals surface area (Å²) < 4.78 is 31.3. The number of hydrogen-bond acceptors (Lipinski definition) is 4. The van der Waals surface area contributed by atoms with Crippen LogP contribution in [0.15, 0.2) is 22.7 Å². The van der Waals surface area contributed by atoms with Gasteiger partial charge in [0.25, 0.3) is 0 Å². The number of nitrogens with two attached hydrogens (primary N) is 1. The van der Waals surface area contributed by atoms with E-state index in [1.165, 1.54) is 7.11 Å². The van der Waals surface area contributed by atoms with Crippen LogP contribution < -0.4 is 14.1 Å². The molecule has 0 radical (unpaired) electrons. The zero-order valence-corrected chi connectivity index (χ0v) is 9.63. The summed E-state index contributed by atoms with van der Waals surface area (Å²) in [6.07, 6.45) is 0. The molecule has 0 saturated heterocycles. The molecule has 0 heterocycles. The van der Waals surface area contributed by atoms with E-state index in [0.29, 0.717) is 4.47 Å². The highest BCUT2D eigenvalue weighted by Crippen LogP contribution is 2.35. The van der Waals surface area contributed by atoms with Crippen molar-refractivity contribution in [3.8, 4) is 11.5 Å². The third-order valence-electron chi connectivity index (χ3n) is 1.35. The van der Waals surface area contributed by atoms with Crippen molar-refractivity contribution in [3.63, 3.8) is 0 Å². The molecule has 0 amide bonds. The van der Waals surface area contributed by atoms with Gasteiger partial charge in [-0.1, -0.05) is 6.07 Å². The highest BCUT2D eigenvalue weighted by atomic mass is 79.9. The molecule has 1 rings (SSSR count). The van der Waals surface area contributed by atoms with E-state index in [0.717, 1.165) is 0 Å². The number of hydrogen-bond donors (Lipinski definition) is 1. The summed E-state index contributed by atoms with van der Waals surface area (Å²) in [6, 6.07) is 4.85. The van der Waals surface area contributed by atoms with Crippen LogP contribution in [0.1, 0.15) is 0 Å². The van der Waals surface area contributed by atoms with Crippen LogP contribution in [-0.4, -0.2) is 15.5 Å². The summed E-state index contributed by atoms with van der Waals surface area (Å²) in [5, 5.41) is 4.73. The first-order valence-electron chi connectivity index (χ1n) is 3.49. The molecule has 5 nitrogen and oxygen atoms in total. The Balaban J connectivity index is 3.18. The third-order valence-corrected chi connectivity index (χ3v) is 2.37. The van der Waals surface area contributed by atoms with Crippen LogP contribution >= 0.6 is 15.9 Å². The second kappa shape index (κ2) is 4.16. The van der Waals surface area contributed by atoms with Gasteiger partial charge in [-0.05, 0) is 28.1 Å². The SMILES string of the molecule is COc1cccc(Br)c1OS(N)(=O)=O. The molecule has 0 unspecified atom stereocenters. The lowest BCUT2D eigenvalue weighted by molar-refractivity contribution is 0.390. The highest BCUT2D eigenvalue weighted by molar-refractivity contribution is 9.10. The number of methoxy groups -OCH3 is 1. The van der Waals surface area contributed by atoms with E-state index in [-0.39, 0.29) is 11.5 Å². The Kier molecular flexibility index (Phi) is 3.35. The van der Waals surface area contributed by atoms with Crippen LogP contribution in [0.3, 0.4) is 0 Å². The Labute approximate surface area is 90.2 Å². The van der Waals surface area contributed by atoms with Crippen LogP contribution in [0, 0.1) is 0 Å². The maximum absolute atomic E-state index is 10.7. The highest BCUT2D eigenvalue weighted by Gasteiger charge is 2.14. The normalized spacial score (nSPS) is 11.1. The molecular formula is C7H8BrNO4S. The molecule has 0 aliphatic carbocycles. The Morgan fingerprint density at radius 1 is 1.43 bits per heavy atom. The Hall–Kier alpha value is -0.790. The van der Waals surface area contributed by atoms with E-state index in [2.05, 4.69) is 20.1 Å². The van der Waals surface area contributed by atoms with Crippen molar-refractivity contribution in [1.29, 1.82) is 0 Å². The lowest BCUT2D eigenvalue weighted by atomic mass is 10.3. The molecule has 1 aromatic rings. The largest absolute Gasteiger partial charge is 0.493 e. The molecule has 0 aliphatic heterocycles. The van der Waals surface area contributed by atoms with Crippen molar-refractivity contribution in [3.05, 3.63) is 22.7 Å². The summed E-state index contributed by atoms with van der Waals surface area (Å²) in [6.45, 7) is 0. The maximum atomic E-state index is 10.7. The smallest absolute Gasteiger partial charge is 0.380 e. The zero-order chi connectivity index (χ0) is 10.8. The van der Waals surface area contributed by atoms with Gasteiger partial charge in [-0.3, -0.25) is 0 Å². The van der Waals surface area contributed by atoms with Gasteiger partial charge in [0.15, 0.2) is 11.5 Å². The molecule has 0 aromatic heterocycles. The standard InChI is InChI=1S/C7H8BrNO4S/c1-12-6-4-2-3-5(8)7(6)13-14(9,10)11/h2-4H,1H3,(H2,9,10,11). The topological polar surface area (TPSA) is 78.6 Å². The van der Waals surface area contributed by atoms with Crippen LogP contribution in [-0.2, 0) is 10.3 Å². The van der Waals surface area contributed by atoms with E-state index in [4.69, 9.17) is 9.88 Å². The van der Waals surface area contributed by atoms with E-state index >= 15 is 0 Å². The molecule has 0 aliphatic rings. The van der Waals surface area contributed by atoms with Crippen molar-refractivity contribution in [2.45, 2.75) is 0 Å². The van der Waals surface area contributed by atoms with E-state index in [9.17, 15) is 8.42 Å². The first kappa shape index (κ1) is 11.3. The van der Waals surface area contributed by atoms with Crippen molar-refractivity contribution >= 4 is 26.2 Å². The molecule has 0 bridgehead atoms. The minimum atomic E-state index is -4.04. The Morgan fingerprint density at radius 3 is 2.57 bits per heavy atom. The minimum Gasteiger partial charge on any atom is -0.493 e. The van der Waals surface area contributed by atoms with Gasteiger partial charge in [-0.15, -0.1) is 0 Å². The number of benzene rings is 1. The fraction of sp³-hybridized carbons (Fsp3) is 0.143. The van der Waals surface area contributed by atoms with Gasteiger partial charge < -0.3 is 8.92 Å². The lowest BCUT2D eigenvalue weighted by Gasteiger charge is -2.09. The van der Waals surface area contributed by atoms with E-state index in [1.807, 2.05) is 0 Å². The van der Waals surface area contributed by atoms with Crippen LogP contribution in [0.4, 0.5) is 0 Å². The fourth-order valence-electron chi connectivity index (χ4n) is 0.847. The quantitative estimate of drug-likeness (QED) is 0.898. The molecule has 0 spiro atoms. The number of rotatable bonds is 3. The van der Waals surface area contributed by atoms with Gasteiger partial charge in [-0.2, -0.15) is 13.6 Å². The average molecular weight is 282 g/mol. The molecule has 14 heavy (non-hydrogen) atoms. The molecular weight excluding hydrogens is 274 g/mol. The van der Waals surface area contributed by atoms with Gasteiger partial charge >= 0.3 is 10.3 Å². The predicted molar refractivity (Wildman–Crippen MR) is 54.4 cm³/mol. The van der Waals surface area contributed by atoms with Gasteiger partial charge in [0.2, 0.25) is 0 Å². The summed E-state index contributed by atoms with van der Waals surface area (Å²) >= 11 is 3.12. The fourth-order valence-corrected chi connectivity index (χ4v) is 1.79. The third kappa shape index (κ3) is 2.86. The number of halogens is 1. The molecule has 0 fully saturated rings. The molecule has 2 N–H and O–H groups in total. The van der Waals surface area contributed by atoms with Crippen molar-refractivity contribution in [2.75, 3.05) is 7.11 Å². The predicted octanol–water partition coefficient (Wildman–Crippen LogP) is 1.04. The average Bonchev–Trinajstić information content (AvgIpc) is 2.06. The van der Waals surface area contributed by atoms with Gasteiger partial charge in [-0.25, -0.2) is 0 Å². The number of ether oxygens (including phenoxy) is 1. The summed E-state index contributed by atoms with van der Waals surface area (Å²) in [7, 11) is -2.64. The monoisotopic (exact) mass is 281 g/mol. The number of para-hydroxylation sites is 1. The Morgan fingerprint density at radius 2 is 2.07 bits per heavy atom. The maximum Gasteiger partial charge on any atom is 0.380 e.